The number of hydrogen-bond acceptors (Lipinski definition) is 4. The molecule has 47 heavy (non-hydrogen) atoms. The first-order valence-electron chi connectivity index (χ1n) is 15.9. The molecule has 0 unspecified atom stereocenters. The maximum atomic E-state index is 5.03. The molecule has 1 aliphatic carbocycles. The van der Waals surface area contributed by atoms with Gasteiger partial charge in [-0.25, -0.2) is 9.97 Å². The lowest BCUT2D eigenvalue weighted by molar-refractivity contribution is 0.642. The van der Waals surface area contributed by atoms with E-state index in [2.05, 4.69) is 147 Å². The molecule has 1 aliphatic heterocycles. The number of benzene rings is 6. The van der Waals surface area contributed by atoms with E-state index in [-0.39, 0.29) is 5.41 Å². The van der Waals surface area contributed by atoms with E-state index >= 15 is 0 Å². The molecule has 0 saturated heterocycles. The highest BCUT2D eigenvalue weighted by Gasteiger charge is 2.39. The molecule has 1 aromatic heterocycles. The van der Waals surface area contributed by atoms with Crippen LogP contribution in [0, 0.1) is 0 Å². The van der Waals surface area contributed by atoms with Crippen LogP contribution in [-0.2, 0) is 5.41 Å². The molecular weight excluding hydrogens is 609 g/mol. The fourth-order valence-corrected chi connectivity index (χ4v) is 9.50. The summed E-state index contributed by atoms with van der Waals surface area (Å²) in [6.45, 7) is 4.77. The molecule has 4 heteroatoms. The Bertz CT molecular complexity index is 2250. The van der Waals surface area contributed by atoms with Gasteiger partial charge in [-0.1, -0.05) is 153 Å². The Morgan fingerprint density at radius 1 is 0.447 bits per heavy atom. The van der Waals surface area contributed by atoms with Gasteiger partial charge in [0.2, 0.25) is 0 Å². The van der Waals surface area contributed by atoms with Crippen LogP contribution in [0.3, 0.4) is 0 Å². The molecular formula is C43H30N2S2. The molecule has 0 N–H and O–H groups in total. The molecule has 224 valence electrons. The average molecular weight is 639 g/mol. The molecule has 2 aliphatic rings. The van der Waals surface area contributed by atoms with Gasteiger partial charge in [0.05, 0.1) is 11.4 Å². The normalized spacial score (nSPS) is 13.7. The van der Waals surface area contributed by atoms with Crippen LogP contribution in [0.15, 0.2) is 165 Å². The van der Waals surface area contributed by atoms with Crippen molar-refractivity contribution in [3.05, 3.63) is 157 Å². The van der Waals surface area contributed by atoms with Crippen LogP contribution in [0.5, 0.6) is 0 Å². The molecule has 6 aromatic carbocycles. The standard InChI is InChI=1S/C43H30N2S2/c1-43(2)34-25-31(21-22-32(34)33-23-24-39-41(40(33)43)47-38-16-10-9-15-37(38)46-39)27-17-19-30(20-18-27)42-44-35(28-11-5-3-6-12-28)26-36(45-42)29-13-7-4-8-14-29/h3-26H,1-2H3. The summed E-state index contributed by atoms with van der Waals surface area (Å²) in [6.07, 6.45) is 0. The Morgan fingerprint density at radius 2 is 1.00 bits per heavy atom. The second-order valence-corrected chi connectivity index (χ2v) is 14.8. The van der Waals surface area contributed by atoms with Crippen molar-refractivity contribution in [2.75, 3.05) is 0 Å². The van der Waals surface area contributed by atoms with Crippen molar-refractivity contribution in [3.8, 4) is 56.2 Å². The maximum absolute atomic E-state index is 5.03. The topological polar surface area (TPSA) is 25.8 Å². The molecule has 0 spiro atoms. The van der Waals surface area contributed by atoms with E-state index in [0.29, 0.717) is 0 Å². The van der Waals surface area contributed by atoms with Gasteiger partial charge in [-0.05, 0) is 63.7 Å². The van der Waals surface area contributed by atoms with Crippen molar-refractivity contribution in [3.63, 3.8) is 0 Å². The Labute approximate surface area is 284 Å². The Morgan fingerprint density at radius 3 is 1.66 bits per heavy atom. The smallest absolute Gasteiger partial charge is 0.160 e. The van der Waals surface area contributed by atoms with Gasteiger partial charge in [-0.15, -0.1) is 0 Å². The summed E-state index contributed by atoms with van der Waals surface area (Å²) in [5, 5.41) is 0. The lowest BCUT2D eigenvalue weighted by Gasteiger charge is -2.28. The van der Waals surface area contributed by atoms with Crippen molar-refractivity contribution in [2.45, 2.75) is 38.8 Å². The zero-order chi connectivity index (χ0) is 31.5. The monoisotopic (exact) mass is 638 g/mol. The molecule has 0 radical (unpaired) electrons. The Hall–Kier alpha value is -4.90. The highest BCUT2D eigenvalue weighted by atomic mass is 32.2. The number of nitrogens with zero attached hydrogens (tertiary/aromatic N) is 2. The van der Waals surface area contributed by atoms with Crippen LogP contribution >= 0.6 is 23.5 Å². The summed E-state index contributed by atoms with van der Waals surface area (Å²) >= 11 is 3.82. The van der Waals surface area contributed by atoms with Gasteiger partial charge in [0.15, 0.2) is 5.82 Å². The Balaban J connectivity index is 1.07. The van der Waals surface area contributed by atoms with Crippen molar-refractivity contribution in [1.82, 2.24) is 9.97 Å². The number of fused-ring (bicyclic) bond motifs is 6. The second kappa shape index (κ2) is 11.1. The Kier molecular flexibility index (Phi) is 6.70. The van der Waals surface area contributed by atoms with E-state index in [9.17, 15) is 0 Å². The van der Waals surface area contributed by atoms with Gasteiger partial charge in [-0.3, -0.25) is 0 Å². The van der Waals surface area contributed by atoms with Crippen LogP contribution in [0.4, 0.5) is 0 Å². The molecule has 9 rings (SSSR count). The van der Waals surface area contributed by atoms with E-state index in [1.807, 2.05) is 35.7 Å². The van der Waals surface area contributed by atoms with E-state index < -0.39 is 0 Å². The summed E-state index contributed by atoms with van der Waals surface area (Å²) in [5.41, 5.74) is 12.8. The first-order chi connectivity index (χ1) is 23.0. The molecule has 0 fully saturated rings. The van der Waals surface area contributed by atoms with Crippen molar-refractivity contribution in [1.29, 1.82) is 0 Å². The minimum absolute atomic E-state index is 0.106. The average Bonchev–Trinajstić information content (AvgIpc) is 3.37. The molecule has 0 amide bonds. The summed E-state index contributed by atoms with van der Waals surface area (Å²) in [4.78, 5) is 15.5. The SMILES string of the molecule is CC1(C)c2cc(-c3ccc(-c4nc(-c5ccccc5)cc(-c5ccccc5)n4)cc3)ccc2-c2ccc3c(c21)Sc1ccccc1S3. The molecule has 7 aromatic rings. The molecule has 0 bridgehead atoms. The van der Waals surface area contributed by atoms with Gasteiger partial charge in [0, 0.05) is 41.7 Å². The van der Waals surface area contributed by atoms with Gasteiger partial charge >= 0.3 is 0 Å². The van der Waals surface area contributed by atoms with Crippen LogP contribution < -0.4 is 0 Å². The zero-order valence-electron chi connectivity index (χ0n) is 26.1. The van der Waals surface area contributed by atoms with E-state index in [0.717, 1.165) is 33.9 Å². The first-order valence-corrected chi connectivity index (χ1v) is 17.5. The predicted octanol–water partition coefficient (Wildman–Crippen LogP) is 12.1. The maximum Gasteiger partial charge on any atom is 0.160 e. The fraction of sp³-hybridized carbons (Fsp3) is 0.0698. The molecule has 2 heterocycles. The largest absolute Gasteiger partial charge is 0.228 e. The van der Waals surface area contributed by atoms with Gasteiger partial charge in [0.1, 0.15) is 0 Å². The lowest BCUT2D eigenvalue weighted by atomic mass is 9.81. The third-order valence-electron chi connectivity index (χ3n) is 9.35. The summed E-state index contributed by atoms with van der Waals surface area (Å²) in [6, 6.07) is 51.9. The van der Waals surface area contributed by atoms with Crippen LogP contribution in [-0.4, -0.2) is 9.97 Å². The summed E-state index contributed by atoms with van der Waals surface area (Å²) in [5.74, 6) is 0.726. The predicted molar refractivity (Wildman–Crippen MR) is 196 cm³/mol. The van der Waals surface area contributed by atoms with Gasteiger partial charge in [-0.2, -0.15) is 0 Å². The first kappa shape index (κ1) is 28.3. The van der Waals surface area contributed by atoms with Crippen LogP contribution in [0.2, 0.25) is 0 Å². The van der Waals surface area contributed by atoms with E-state index in [1.54, 1.807) is 0 Å². The van der Waals surface area contributed by atoms with Crippen molar-refractivity contribution in [2.24, 2.45) is 0 Å². The van der Waals surface area contributed by atoms with Crippen LogP contribution in [0.1, 0.15) is 25.0 Å². The third-order valence-corrected chi connectivity index (χ3v) is 12.0. The number of aromatic nitrogens is 2. The van der Waals surface area contributed by atoms with E-state index in [4.69, 9.17) is 9.97 Å². The van der Waals surface area contributed by atoms with Gasteiger partial charge in [0.25, 0.3) is 0 Å². The van der Waals surface area contributed by atoms with Gasteiger partial charge < -0.3 is 0 Å². The minimum Gasteiger partial charge on any atom is -0.228 e. The molecule has 2 nitrogen and oxygen atoms in total. The fourth-order valence-electron chi connectivity index (χ4n) is 6.95. The summed E-state index contributed by atoms with van der Waals surface area (Å²) < 4.78 is 0. The highest BCUT2D eigenvalue weighted by molar-refractivity contribution is 8.05. The quantitative estimate of drug-likeness (QED) is 0.192. The lowest BCUT2D eigenvalue weighted by Crippen LogP contribution is -2.17. The van der Waals surface area contributed by atoms with Crippen LogP contribution in [0.25, 0.3) is 56.2 Å². The van der Waals surface area contributed by atoms with E-state index in [1.165, 1.54) is 53.0 Å². The minimum atomic E-state index is -0.106. The number of rotatable bonds is 4. The molecule has 0 saturated carbocycles. The molecule has 0 atom stereocenters. The second-order valence-electron chi connectivity index (χ2n) is 12.6. The van der Waals surface area contributed by atoms with Crippen molar-refractivity contribution >= 4 is 23.5 Å². The highest BCUT2D eigenvalue weighted by Crippen LogP contribution is 2.58. The van der Waals surface area contributed by atoms with Crippen molar-refractivity contribution < 1.29 is 0 Å². The third kappa shape index (κ3) is 4.83. The number of hydrogen-bond donors (Lipinski definition) is 0. The summed E-state index contributed by atoms with van der Waals surface area (Å²) in [7, 11) is 0. The zero-order valence-corrected chi connectivity index (χ0v) is 27.7.